The fraction of sp³-hybridized carbons (Fsp3) is 0.323. The van der Waals surface area contributed by atoms with Crippen molar-refractivity contribution in [1.82, 2.24) is 24.6 Å². The number of halogens is 4. The van der Waals surface area contributed by atoms with Crippen LogP contribution in [-0.4, -0.2) is 68.9 Å². The lowest BCUT2D eigenvalue weighted by atomic mass is 10.0. The molecule has 6 rings (SSSR count). The van der Waals surface area contributed by atoms with Crippen molar-refractivity contribution in [3.63, 3.8) is 0 Å². The van der Waals surface area contributed by atoms with Gasteiger partial charge in [0.25, 0.3) is 5.91 Å². The molecule has 1 aliphatic carbocycles. The first-order chi connectivity index (χ1) is 21.4. The van der Waals surface area contributed by atoms with Gasteiger partial charge in [-0.1, -0.05) is 12.1 Å². The van der Waals surface area contributed by atoms with Gasteiger partial charge in [0.15, 0.2) is 0 Å². The maximum atomic E-state index is 14.1. The van der Waals surface area contributed by atoms with Crippen LogP contribution < -0.4 is 15.5 Å². The van der Waals surface area contributed by atoms with Crippen LogP contribution in [0.1, 0.15) is 40.3 Å². The smallest absolute Gasteiger partial charge is 0.353 e. The molecular weight excluding hydrogens is 592 g/mol. The SMILES string of the molecule is Cc1ccc(-n2nc(C3(C(F)(F)F)CC3)cc2NC(=O)Nc2ccc(N3CCN(C(=O)c4ccccc4F)CC3)nc2C)cn1. The Hall–Kier alpha value is -5.01. The molecular formula is C31H30F4N8O2. The minimum atomic E-state index is -4.47. The van der Waals surface area contributed by atoms with Gasteiger partial charge in [0.1, 0.15) is 22.9 Å². The van der Waals surface area contributed by atoms with Gasteiger partial charge in [-0.05, 0) is 63.1 Å². The summed E-state index contributed by atoms with van der Waals surface area (Å²) in [6.07, 6.45) is -3.13. The number of aryl methyl sites for hydroxylation is 2. The zero-order valence-corrected chi connectivity index (χ0v) is 24.5. The first kappa shape index (κ1) is 30.0. The Labute approximate surface area is 256 Å². The molecule has 14 heteroatoms. The van der Waals surface area contributed by atoms with E-state index in [1.54, 1.807) is 49.1 Å². The molecule has 45 heavy (non-hydrogen) atoms. The number of rotatable bonds is 6. The van der Waals surface area contributed by atoms with Crippen molar-refractivity contribution < 1.29 is 27.2 Å². The molecule has 4 heterocycles. The van der Waals surface area contributed by atoms with E-state index in [1.165, 1.54) is 35.1 Å². The Morgan fingerprint density at radius 1 is 0.933 bits per heavy atom. The number of urea groups is 1. The summed E-state index contributed by atoms with van der Waals surface area (Å²) in [5, 5.41) is 9.59. The Bertz CT molecular complexity index is 1740. The zero-order chi connectivity index (χ0) is 31.9. The molecule has 3 aromatic heterocycles. The van der Waals surface area contributed by atoms with Crippen molar-refractivity contribution >= 4 is 29.3 Å². The molecule has 10 nitrogen and oxygen atoms in total. The standard InChI is InChI=1S/C31H30F4N8O2/c1-19-7-8-21(18-36-19)43-27(17-25(40-43)30(11-12-30)31(33,34)35)39-29(45)38-24-9-10-26(37-20(24)2)41-13-15-42(16-14-41)28(44)22-5-3-4-6-23(22)32/h3-10,17-18H,11-16H2,1-2H3,(H2,38,39,45). The molecule has 0 atom stereocenters. The monoisotopic (exact) mass is 622 g/mol. The molecule has 2 aliphatic rings. The van der Waals surface area contributed by atoms with Crippen molar-refractivity contribution in [2.45, 2.75) is 38.3 Å². The molecule has 1 saturated heterocycles. The minimum absolute atomic E-state index is 0.0378. The van der Waals surface area contributed by atoms with Crippen LogP contribution in [0.4, 0.5) is 39.7 Å². The van der Waals surface area contributed by atoms with E-state index in [2.05, 4.69) is 25.7 Å². The minimum Gasteiger partial charge on any atom is -0.353 e. The summed E-state index contributed by atoms with van der Waals surface area (Å²) in [6, 6.07) is 13.2. The summed E-state index contributed by atoms with van der Waals surface area (Å²) < 4.78 is 57.0. The van der Waals surface area contributed by atoms with Crippen LogP contribution in [-0.2, 0) is 5.41 Å². The molecule has 1 aliphatic heterocycles. The molecule has 0 radical (unpaired) electrons. The van der Waals surface area contributed by atoms with Crippen molar-refractivity contribution in [3.8, 4) is 5.69 Å². The fourth-order valence-corrected chi connectivity index (χ4v) is 5.37. The molecule has 3 amide bonds. The Morgan fingerprint density at radius 3 is 2.29 bits per heavy atom. The number of hydrogen-bond donors (Lipinski definition) is 2. The predicted octanol–water partition coefficient (Wildman–Crippen LogP) is 5.62. The summed E-state index contributed by atoms with van der Waals surface area (Å²) >= 11 is 0. The van der Waals surface area contributed by atoms with Gasteiger partial charge in [-0.3, -0.25) is 15.1 Å². The number of benzene rings is 1. The maximum Gasteiger partial charge on any atom is 0.400 e. The first-order valence-electron chi connectivity index (χ1n) is 14.4. The van der Waals surface area contributed by atoms with Crippen LogP contribution in [0, 0.1) is 19.7 Å². The third-order valence-electron chi connectivity index (χ3n) is 8.19. The van der Waals surface area contributed by atoms with Crippen molar-refractivity contribution in [2.24, 2.45) is 0 Å². The number of carbonyl (C=O) groups is 2. The third-order valence-corrected chi connectivity index (χ3v) is 8.19. The van der Waals surface area contributed by atoms with E-state index in [0.29, 0.717) is 49.1 Å². The highest BCUT2D eigenvalue weighted by Crippen LogP contribution is 2.58. The summed E-state index contributed by atoms with van der Waals surface area (Å²) in [5.74, 6) is -0.207. The number of carbonyl (C=O) groups excluding carboxylic acids is 2. The number of alkyl halides is 3. The highest BCUT2D eigenvalue weighted by molar-refractivity contribution is 6.00. The summed E-state index contributed by atoms with van der Waals surface area (Å²) in [5.41, 5.74) is -0.120. The van der Waals surface area contributed by atoms with Gasteiger partial charge >= 0.3 is 12.2 Å². The Balaban J connectivity index is 1.13. The van der Waals surface area contributed by atoms with E-state index in [0.717, 1.165) is 5.69 Å². The lowest BCUT2D eigenvalue weighted by molar-refractivity contribution is -0.161. The zero-order valence-electron chi connectivity index (χ0n) is 24.5. The summed E-state index contributed by atoms with van der Waals surface area (Å²) in [6.45, 7) is 5.25. The number of piperazine rings is 1. The second-order valence-electron chi connectivity index (χ2n) is 11.2. The van der Waals surface area contributed by atoms with Crippen LogP contribution in [0.3, 0.4) is 0 Å². The number of amides is 3. The quantitative estimate of drug-likeness (QED) is 0.271. The molecule has 2 fully saturated rings. The Kier molecular flexibility index (Phi) is 7.67. The lowest BCUT2D eigenvalue weighted by Crippen LogP contribution is -2.49. The van der Waals surface area contributed by atoms with Crippen LogP contribution >= 0.6 is 0 Å². The topological polar surface area (TPSA) is 108 Å². The van der Waals surface area contributed by atoms with Gasteiger partial charge in [0.05, 0.1) is 34.5 Å². The summed E-state index contributed by atoms with van der Waals surface area (Å²) in [7, 11) is 0. The molecule has 4 aromatic rings. The van der Waals surface area contributed by atoms with Gasteiger partial charge in [0, 0.05) is 37.9 Å². The van der Waals surface area contributed by atoms with Gasteiger partial charge in [0.2, 0.25) is 0 Å². The first-order valence-corrected chi connectivity index (χ1v) is 14.4. The van der Waals surface area contributed by atoms with E-state index < -0.39 is 23.4 Å². The van der Waals surface area contributed by atoms with E-state index in [9.17, 15) is 27.2 Å². The van der Waals surface area contributed by atoms with Gasteiger partial charge < -0.3 is 15.1 Å². The molecule has 234 valence electrons. The molecule has 0 bridgehead atoms. The van der Waals surface area contributed by atoms with Gasteiger partial charge in [-0.25, -0.2) is 18.9 Å². The van der Waals surface area contributed by atoms with Crippen molar-refractivity contribution in [3.05, 3.63) is 89.3 Å². The number of nitrogens with zero attached hydrogens (tertiary/aromatic N) is 6. The fourth-order valence-electron chi connectivity index (χ4n) is 5.37. The van der Waals surface area contributed by atoms with E-state index in [-0.39, 0.29) is 35.8 Å². The average Bonchev–Trinajstić information content (AvgIpc) is 3.74. The van der Waals surface area contributed by atoms with E-state index >= 15 is 0 Å². The van der Waals surface area contributed by atoms with Crippen LogP contribution in [0.5, 0.6) is 0 Å². The maximum absolute atomic E-state index is 14.1. The van der Waals surface area contributed by atoms with Crippen molar-refractivity contribution in [2.75, 3.05) is 41.7 Å². The number of hydrogen-bond acceptors (Lipinski definition) is 6. The number of anilines is 3. The van der Waals surface area contributed by atoms with Crippen molar-refractivity contribution in [1.29, 1.82) is 0 Å². The van der Waals surface area contributed by atoms with Gasteiger partial charge in [-0.2, -0.15) is 18.3 Å². The van der Waals surface area contributed by atoms with Crippen LogP contribution in [0.25, 0.3) is 5.69 Å². The molecule has 2 N–H and O–H groups in total. The summed E-state index contributed by atoms with van der Waals surface area (Å²) in [4.78, 5) is 38.2. The highest BCUT2D eigenvalue weighted by atomic mass is 19.4. The van der Waals surface area contributed by atoms with Gasteiger partial charge in [-0.15, -0.1) is 0 Å². The number of nitrogens with one attached hydrogen (secondary N) is 2. The Morgan fingerprint density at radius 2 is 1.67 bits per heavy atom. The van der Waals surface area contributed by atoms with E-state index in [1.807, 2.05) is 4.90 Å². The normalized spacial score (nSPS) is 16.0. The molecule has 1 aromatic carbocycles. The number of aromatic nitrogens is 4. The highest BCUT2D eigenvalue weighted by Gasteiger charge is 2.66. The molecule has 0 spiro atoms. The molecule has 1 saturated carbocycles. The second kappa shape index (κ2) is 11.5. The van der Waals surface area contributed by atoms with E-state index in [4.69, 9.17) is 0 Å². The average molecular weight is 623 g/mol. The second-order valence-corrected chi connectivity index (χ2v) is 11.2. The lowest BCUT2D eigenvalue weighted by Gasteiger charge is -2.35. The molecule has 0 unspecified atom stereocenters. The third kappa shape index (κ3) is 5.91. The largest absolute Gasteiger partial charge is 0.400 e. The predicted molar refractivity (Wildman–Crippen MR) is 159 cm³/mol. The van der Waals surface area contributed by atoms with Crippen LogP contribution in [0.15, 0.2) is 60.8 Å². The number of pyridine rings is 2. The van der Waals surface area contributed by atoms with Crippen LogP contribution in [0.2, 0.25) is 0 Å².